The number of rotatable bonds is 7. The number of benzene rings is 1. The van der Waals surface area contributed by atoms with Crippen LogP contribution in [0.4, 0.5) is 0 Å². The van der Waals surface area contributed by atoms with Gasteiger partial charge in [-0.3, -0.25) is 4.79 Å². The highest BCUT2D eigenvalue weighted by molar-refractivity contribution is 9.10. The van der Waals surface area contributed by atoms with Crippen LogP contribution >= 0.6 is 15.9 Å². The van der Waals surface area contributed by atoms with Gasteiger partial charge in [-0.25, -0.2) is 8.42 Å². The molecule has 0 spiro atoms. The van der Waals surface area contributed by atoms with E-state index in [2.05, 4.69) is 15.9 Å². The Morgan fingerprint density at radius 2 is 2.10 bits per heavy atom. The number of carboxylic acid groups (broad SMARTS) is 1. The molecule has 1 N–H and O–H groups in total. The van der Waals surface area contributed by atoms with Crippen molar-refractivity contribution in [3.05, 3.63) is 22.7 Å². The summed E-state index contributed by atoms with van der Waals surface area (Å²) in [6.07, 6.45) is 0. The molecule has 0 saturated heterocycles. The van der Waals surface area contributed by atoms with Gasteiger partial charge in [0.15, 0.2) is 0 Å². The molecule has 8 heteroatoms. The molecule has 0 aromatic heterocycles. The Kier molecular flexibility index (Phi) is 6.18. The molecule has 0 bridgehead atoms. The van der Waals surface area contributed by atoms with Gasteiger partial charge in [0.1, 0.15) is 5.75 Å². The average molecular weight is 380 g/mol. The van der Waals surface area contributed by atoms with Crippen LogP contribution in [0.5, 0.6) is 5.75 Å². The minimum absolute atomic E-state index is 0.0716. The first-order valence-corrected chi connectivity index (χ1v) is 8.53. The fourth-order valence-electron chi connectivity index (χ4n) is 1.74. The van der Waals surface area contributed by atoms with E-state index in [1.165, 1.54) is 26.2 Å². The minimum atomic E-state index is -3.74. The van der Waals surface area contributed by atoms with Crippen molar-refractivity contribution in [2.24, 2.45) is 5.92 Å². The van der Waals surface area contributed by atoms with Gasteiger partial charge in [0, 0.05) is 13.1 Å². The Morgan fingerprint density at radius 1 is 1.48 bits per heavy atom. The zero-order valence-electron chi connectivity index (χ0n) is 12.0. The van der Waals surface area contributed by atoms with Crippen molar-refractivity contribution in [2.45, 2.75) is 18.7 Å². The molecule has 21 heavy (non-hydrogen) atoms. The molecule has 0 heterocycles. The SMILES string of the molecule is CCN(CC(C)C(=O)O)S(=O)(=O)c1ccc(OC)c(Br)c1. The third kappa shape index (κ3) is 4.18. The maximum atomic E-state index is 12.5. The molecule has 0 radical (unpaired) electrons. The van der Waals surface area contributed by atoms with Crippen molar-refractivity contribution in [1.29, 1.82) is 0 Å². The van der Waals surface area contributed by atoms with Gasteiger partial charge < -0.3 is 9.84 Å². The number of aliphatic carboxylic acids is 1. The summed E-state index contributed by atoms with van der Waals surface area (Å²) < 4.78 is 31.8. The van der Waals surface area contributed by atoms with Gasteiger partial charge >= 0.3 is 5.97 Å². The molecular formula is C13H18BrNO5S. The molecule has 118 valence electrons. The van der Waals surface area contributed by atoms with Crippen molar-refractivity contribution < 1.29 is 23.1 Å². The number of hydrogen-bond acceptors (Lipinski definition) is 4. The number of hydrogen-bond donors (Lipinski definition) is 1. The molecule has 1 atom stereocenters. The largest absolute Gasteiger partial charge is 0.496 e. The lowest BCUT2D eigenvalue weighted by molar-refractivity contribution is -0.141. The molecule has 0 amide bonds. The molecule has 1 rings (SSSR count). The van der Waals surface area contributed by atoms with E-state index in [1.807, 2.05) is 0 Å². The van der Waals surface area contributed by atoms with E-state index in [0.29, 0.717) is 10.2 Å². The summed E-state index contributed by atoms with van der Waals surface area (Å²) in [5.74, 6) is -1.28. The van der Waals surface area contributed by atoms with Crippen molar-refractivity contribution in [3.63, 3.8) is 0 Å². The monoisotopic (exact) mass is 379 g/mol. The number of halogens is 1. The number of carbonyl (C=O) groups is 1. The van der Waals surface area contributed by atoms with Crippen LogP contribution in [0.15, 0.2) is 27.6 Å². The minimum Gasteiger partial charge on any atom is -0.496 e. The summed E-state index contributed by atoms with van der Waals surface area (Å²) >= 11 is 3.24. The van der Waals surface area contributed by atoms with Gasteiger partial charge in [-0.2, -0.15) is 4.31 Å². The molecule has 0 saturated carbocycles. The third-order valence-electron chi connectivity index (χ3n) is 3.01. The Bertz CT molecular complexity index is 617. The van der Waals surface area contributed by atoms with E-state index in [4.69, 9.17) is 9.84 Å². The van der Waals surface area contributed by atoms with E-state index in [0.717, 1.165) is 4.31 Å². The second-order valence-corrected chi connectivity index (χ2v) is 7.28. The molecule has 1 aromatic rings. The molecule has 6 nitrogen and oxygen atoms in total. The Morgan fingerprint density at radius 3 is 2.52 bits per heavy atom. The van der Waals surface area contributed by atoms with Gasteiger partial charge in [-0.05, 0) is 34.1 Å². The molecule has 1 aromatic carbocycles. The second kappa shape index (κ2) is 7.24. The Labute approximate surface area is 132 Å². The van der Waals surface area contributed by atoms with E-state index in [9.17, 15) is 13.2 Å². The molecule has 0 aliphatic carbocycles. The zero-order chi connectivity index (χ0) is 16.2. The van der Waals surface area contributed by atoms with Crippen LogP contribution in [-0.2, 0) is 14.8 Å². The highest BCUT2D eigenvalue weighted by Gasteiger charge is 2.27. The zero-order valence-corrected chi connectivity index (χ0v) is 14.4. The Balaban J connectivity index is 3.12. The highest BCUT2D eigenvalue weighted by atomic mass is 79.9. The summed E-state index contributed by atoms with van der Waals surface area (Å²) in [5, 5.41) is 8.93. The van der Waals surface area contributed by atoms with Crippen LogP contribution in [0.3, 0.4) is 0 Å². The van der Waals surface area contributed by atoms with Crippen LogP contribution in [0, 0.1) is 5.92 Å². The van der Waals surface area contributed by atoms with Crippen molar-refractivity contribution in [3.8, 4) is 5.75 Å². The van der Waals surface area contributed by atoms with E-state index < -0.39 is 21.9 Å². The predicted molar refractivity (Wildman–Crippen MR) is 81.9 cm³/mol. The number of carboxylic acids is 1. The van der Waals surface area contributed by atoms with Crippen LogP contribution in [0.25, 0.3) is 0 Å². The van der Waals surface area contributed by atoms with Gasteiger partial charge in [-0.1, -0.05) is 13.8 Å². The second-order valence-electron chi connectivity index (χ2n) is 4.49. The quantitative estimate of drug-likeness (QED) is 0.784. The summed E-state index contributed by atoms with van der Waals surface area (Å²) in [7, 11) is -2.26. The average Bonchev–Trinajstić information content (AvgIpc) is 2.43. The lowest BCUT2D eigenvalue weighted by Crippen LogP contribution is -2.36. The Hall–Kier alpha value is -1.12. The lowest BCUT2D eigenvalue weighted by Gasteiger charge is -2.22. The summed E-state index contributed by atoms with van der Waals surface area (Å²) in [6.45, 7) is 3.27. The smallest absolute Gasteiger partial charge is 0.307 e. The molecular weight excluding hydrogens is 362 g/mol. The normalized spacial score (nSPS) is 13.2. The number of sulfonamides is 1. The lowest BCUT2D eigenvalue weighted by atomic mass is 10.2. The standard InChI is InChI=1S/C13H18BrNO5S/c1-4-15(8-9(2)13(16)17)21(18,19)10-5-6-12(20-3)11(14)7-10/h5-7,9H,4,8H2,1-3H3,(H,16,17). The van der Waals surface area contributed by atoms with Gasteiger partial charge in [0.2, 0.25) is 10.0 Å². The maximum Gasteiger partial charge on any atom is 0.307 e. The summed E-state index contributed by atoms with van der Waals surface area (Å²) in [4.78, 5) is 11.0. The first kappa shape index (κ1) is 17.9. The fraction of sp³-hybridized carbons (Fsp3) is 0.462. The van der Waals surface area contributed by atoms with Gasteiger partial charge in [0.05, 0.1) is 22.4 Å². The summed E-state index contributed by atoms with van der Waals surface area (Å²) in [6, 6.07) is 4.43. The van der Waals surface area contributed by atoms with Crippen molar-refractivity contribution in [1.82, 2.24) is 4.31 Å². The molecule has 0 fully saturated rings. The molecule has 0 aliphatic heterocycles. The van der Waals surface area contributed by atoms with Crippen molar-refractivity contribution in [2.75, 3.05) is 20.2 Å². The maximum absolute atomic E-state index is 12.5. The number of methoxy groups -OCH3 is 1. The van der Waals surface area contributed by atoms with E-state index >= 15 is 0 Å². The number of ether oxygens (including phenoxy) is 1. The number of nitrogens with zero attached hydrogens (tertiary/aromatic N) is 1. The first-order valence-electron chi connectivity index (χ1n) is 6.30. The molecule has 0 aliphatic rings. The van der Waals surface area contributed by atoms with Gasteiger partial charge in [0.25, 0.3) is 0 Å². The van der Waals surface area contributed by atoms with E-state index in [1.54, 1.807) is 13.0 Å². The van der Waals surface area contributed by atoms with Crippen molar-refractivity contribution >= 4 is 31.9 Å². The topological polar surface area (TPSA) is 83.9 Å². The van der Waals surface area contributed by atoms with Crippen LogP contribution in [0.2, 0.25) is 0 Å². The first-order chi connectivity index (χ1) is 9.73. The van der Waals surface area contributed by atoms with Crippen LogP contribution in [0.1, 0.15) is 13.8 Å². The predicted octanol–water partition coefficient (Wildman–Crippen LogP) is 2.19. The van der Waals surface area contributed by atoms with Gasteiger partial charge in [-0.15, -0.1) is 0 Å². The van der Waals surface area contributed by atoms with Crippen LogP contribution in [-0.4, -0.2) is 44.0 Å². The highest BCUT2D eigenvalue weighted by Crippen LogP contribution is 2.29. The summed E-state index contributed by atoms with van der Waals surface area (Å²) in [5.41, 5.74) is 0. The van der Waals surface area contributed by atoms with E-state index in [-0.39, 0.29) is 18.0 Å². The third-order valence-corrected chi connectivity index (χ3v) is 5.57. The fourth-order valence-corrected chi connectivity index (χ4v) is 3.99. The molecule has 1 unspecified atom stereocenters. The van der Waals surface area contributed by atoms with Crippen LogP contribution < -0.4 is 4.74 Å².